The molecule has 0 spiro atoms. The molecule has 2 aliphatic carbocycles. The number of carbonyl (C=O) groups is 3. The molecule has 1 aromatic heterocycles. The average molecular weight is 505 g/mol. The molecule has 0 radical (unpaired) electrons. The van der Waals surface area contributed by atoms with E-state index >= 15 is 0 Å². The van der Waals surface area contributed by atoms with E-state index < -0.39 is 29.5 Å². The Morgan fingerprint density at radius 3 is 2.39 bits per heavy atom. The van der Waals surface area contributed by atoms with Gasteiger partial charge in [-0.3, -0.25) is 14.4 Å². The predicted molar refractivity (Wildman–Crippen MR) is 121 cm³/mol. The van der Waals surface area contributed by atoms with Crippen LogP contribution in [0.5, 0.6) is 5.75 Å². The number of halogens is 3. The number of hydrogen-bond donors (Lipinski definition) is 2. The lowest BCUT2D eigenvalue weighted by atomic mass is 9.93. The minimum absolute atomic E-state index is 0.0856. The van der Waals surface area contributed by atoms with E-state index in [1.54, 1.807) is 11.8 Å². The number of anilines is 1. The fraction of sp³-hybridized carbons (Fsp3) is 0.500. The highest BCUT2D eigenvalue weighted by Crippen LogP contribution is 2.39. The van der Waals surface area contributed by atoms with Crippen LogP contribution in [0.3, 0.4) is 0 Å². The third-order valence-corrected chi connectivity index (χ3v) is 6.92. The van der Waals surface area contributed by atoms with Crippen LogP contribution in [0.2, 0.25) is 0 Å². The van der Waals surface area contributed by atoms with Crippen molar-refractivity contribution in [1.29, 1.82) is 0 Å². The summed E-state index contributed by atoms with van der Waals surface area (Å²) in [6.45, 7) is 1.91. The Kier molecular flexibility index (Phi) is 5.92. The Bertz CT molecular complexity index is 1190. The van der Waals surface area contributed by atoms with Crippen molar-refractivity contribution in [3.8, 4) is 5.75 Å². The highest BCUT2D eigenvalue weighted by molar-refractivity contribution is 6.11. The summed E-state index contributed by atoms with van der Waals surface area (Å²) >= 11 is 0. The van der Waals surface area contributed by atoms with E-state index in [9.17, 15) is 27.6 Å². The summed E-state index contributed by atoms with van der Waals surface area (Å²) in [7, 11) is 0. The molecule has 1 aliphatic heterocycles. The van der Waals surface area contributed by atoms with Gasteiger partial charge in [0.1, 0.15) is 17.0 Å². The molecule has 5 rings (SSSR count). The van der Waals surface area contributed by atoms with Gasteiger partial charge >= 0.3 is 6.36 Å². The molecule has 0 saturated heterocycles. The van der Waals surface area contributed by atoms with Crippen molar-refractivity contribution in [3.05, 3.63) is 42.0 Å². The summed E-state index contributed by atoms with van der Waals surface area (Å²) < 4.78 is 42.5. The number of nitrogens with one attached hydrogen (secondary N) is 2. The zero-order valence-corrected chi connectivity index (χ0v) is 19.6. The van der Waals surface area contributed by atoms with Crippen molar-refractivity contribution in [3.63, 3.8) is 0 Å². The molecule has 2 fully saturated rings. The van der Waals surface area contributed by atoms with Gasteiger partial charge in [0, 0.05) is 17.8 Å². The fourth-order valence-electron chi connectivity index (χ4n) is 5.06. The summed E-state index contributed by atoms with van der Waals surface area (Å²) in [5, 5.41) is 5.66. The number of fused-ring (bicyclic) bond motifs is 1. The minimum atomic E-state index is -4.82. The van der Waals surface area contributed by atoms with Gasteiger partial charge in [-0.25, -0.2) is 4.98 Å². The molecule has 3 aliphatic rings. The summed E-state index contributed by atoms with van der Waals surface area (Å²) in [4.78, 5) is 45.7. The van der Waals surface area contributed by atoms with Crippen molar-refractivity contribution in [2.45, 2.75) is 76.0 Å². The van der Waals surface area contributed by atoms with E-state index in [4.69, 9.17) is 0 Å². The average Bonchev–Trinajstić information content (AvgIpc) is 3.31. The maximum Gasteiger partial charge on any atom is 0.573 e. The monoisotopic (exact) mass is 505 g/mol. The van der Waals surface area contributed by atoms with Crippen LogP contribution in [0.1, 0.15) is 66.4 Å². The molecule has 1 unspecified atom stereocenters. The molecule has 36 heavy (non-hydrogen) atoms. The third kappa shape index (κ3) is 4.63. The van der Waals surface area contributed by atoms with E-state index in [1.165, 1.54) is 23.0 Å². The van der Waals surface area contributed by atoms with Crippen molar-refractivity contribution >= 4 is 23.4 Å². The van der Waals surface area contributed by atoms with Crippen LogP contribution in [-0.4, -0.2) is 56.2 Å². The number of imidazole rings is 1. The molecule has 2 N–H and O–H groups in total. The maximum absolute atomic E-state index is 13.7. The highest BCUT2D eigenvalue weighted by Gasteiger charge is 2.54. The Morgan fingerprint density at radius 1 is 1.11 bits per heavy atom. The minimum Gasteiger partial charge on any atom is -0.406 e. The normalized spacial score (nSPS) is 22.3. The van der Waals surface area contributed by atoms with Gasteiger partial charge in [0.15, 0.2) is 5.69 Å². The number of nitrogens with zero attached hydrogens (tertiary/aromatic N) is 3. The van der Waals surface area contributed by atoms with Crippen LogP contribution in [0.4, 0.5) is 18.9 Å². The van der Waals surface area contributed by atoms with Gasteiger partial charge in [0.25, 0.3) is 11.8 Å². The van der Waals surface area contributed by atoms with Crippen LogP contribution in [0, 0.1) is 0 Å². The van der Waals surface area contributed by atoms with Crippen LogP contribution < -0.4 is 15.4 Å². The van der Waals surface area contributed by atoms with E-state index in [2.05, 4.69) is 20.4 Å². The van der Waals surface area contributed by atoms with Crippen LogP contribution in [0.25, 0.3) is 0 Å². The first-order chi connectivity index (χ1) is 17.0. The Balaban J connectivity index is 1.36. The molecule has 2 aromatic rings. The Morgan fingerprint density at radius 2 is 1.78 bits per heavy atom. The van der Waals surface area contributed by atoms with Crippen LogP contribution >= 0.6 is 0 Å². The number of alkyl halides is 3. The van der Waals surface area contributed by atoms with E-state index in [-0.39, 0.29) is 41.6 Å². The number of amides is 3. The van der Waals surface area contributed by atoms with E-state index in [0.29, 0.717) is 0 Å². The first kappa shape index (κ1) is 24.1. The molecular formula is C24H26F3N5O4. The van der Waals surface area contributed by atoms with E-state index in [0.717, 1.165) is 50.7 Å². The fourth-order valence-corrected chi connectivity index (χ4v) is 5.06. The molecule has 192 valence electrons. The summed E-state index contributed by atoms with van der Waals surface area (Å²) in [5.41, 5.74) is -0.933. The van der Waals surface area contributed by atoms with Crippen molar-refractivity contribution in [2.24, 2.45) is 0 Å². The second kappa shape index (κ2) is 8.82. The topological polar surface area (TPSA) is 106 Å². The first-order valence-electron chi connectivity index (χ1n) is 11.9. The molecule has 1 atom stereocenters. The van der Waals surface area contributed by atoms with Crippen molar-refractivity contribution < 1.29 is 32.3 Å². The number of aromatic nitrogens is 2. The Labute approximate surface area is 205 Å². The number of hydrogen-bond acceptors (Lipinski definition) is 5. The zero-order chi connectivity index (χ0) is 25.7. The molecule has 0 bridgehead atoms. The zero-order valence-electron chi connectivity index (χ0n) is 19.6. The second-order valence-electron chi connectivity index (χ2n) is 9.73. The molecule has 2 saturated carbocycles. The second-order valence-corrected chi connectivity index (χ2v) is 9.73. The molecule has 2 heterocycles. The smallest absolute Gasteiger partial charge is 0.406 e. The largest absolute Gasteiger partial charge is 0.573 e. The quantitative estimate of drug-likeness (QED) is 0.626. The lowest BCUT2D eigenvalue weighted by Gasteiger charge is -2.44. The van der Waals surface area contributed by atoms with Crippen LogP contribution in [-0.2, 0) is 11.3 Å². The van der Waals surface area contributed by atoms with Gasteiger partial charge in [-0.05, 0) is 56.9 Å². The van der Waals surface area contributed by atoms with Crippen molar-refractivity contribution in [1.82, 2.24) is 19.8 Å². The van der Waals surface area contributed by atoms with Gasteiger partial charge in [-0.2, -0.15) is 0 Å². The molecule has 9 nitrogen and oxygen atoms in total. The molecule has 3 amide bonds. The van der Waals surface area contributed by atoms with Gasteiger partial charge in [-0.15, -0.1) is 13.2 Å². The third-order valence-electron chi connectivity index (χ3n) is 6.92. The predicted octanol–water partition coefficient (Wildman–Crippen LogP) is 3.47. The standard InChI is InChI=1S/C24H26F3N5O4/c1-23(22(35)30-14-4-2-3-5-14)12-31-13-28-18(19(31)21(34)32(23)16-8-9-16)20(33)29-15-6-10-17(11-7-15)36-24(25,26)27/h6-7,10-11,13-14,16H,2-5,8-9,12H2,1H3,(H,29,33)(H,30,35). The molecular weight excluding hydrogens is 479 g/mol. The first-order valence-corrected chi connectivity index (χ1v) is 11.9. The summed E-state index contributed by atoms with van der Waals surface area (Å²) in [5.74, 6) is -1.76. The van der Waals surface area contributed by atoms with Gasteiger partial charge < -0.3 is 24.8 Å². The highest BCUT2D eigenvalue weighted by atomic mass is 19.4. The number of benzene rings is 1. The number of rotatable bonds is 6. The van der Waals surface area contributed by atoms with E-state index in [1.807, 2.05) is 0 Å². The molecule has 1 aromatic carbocycles. The summed E-state index contributed by atoms with van der Waals surface area (Å²) in [6.07, 6.45) is 2.07. The van der Waals surface area contributed by atoms with Gasteiger partial charge in [-0.1, -0.05) is 12.8 Å². The summed E-state index contributed by atoms with van der Waals surface area (Å²) in [6, 6.07) is 4.66. The van der Waals surface area contributed by atoms with Crippen LogP contribution in [0.15, 0.2) is 30.6 Å². The lowest BCUT2D eigenvalue weighted by Crippen LogP contribution is -2.65. The van der Waals surface area contributed by atoms with Gasteiger partial charge in [0.05, 0.1) is 12.9 Å². The number of ether oxygens (including phenoxy) is 1. The maximum atomic E-state index is 13.7. The molecule has 12 heteroatoms. The Hall–Kier alpha value is -3.57. The SMILES string of the molecule is CC1(C(=O)NC2CCCC2)Cn2cnc(C(=O)Nc3ccc(OC(F)(F)F)cc3)c2C(=O)N1C1CC1. The number of carbonyl (C=O) groups excluding carboxylic acids is 3. The lowest BCUT2D eigenvalue weighted by molar-refractivity contribution is -0.274. The van der Waals surface area contributed by atoms with Crippen molar-refractivity contribution in [2.75, 3.05) is 5.32 Å². The van der Waals surface area contributed by atoms with Gasteiger partial charge in [0.2, 0.25) is 5.91 Å².